The Morgan fingerprint density at radius 1 is 0.816 bits per heavy atom. The van der Waals surface area contributed by atoms with Crippen LogP contribution in [-0.2, 0) is 360 Å². The normalized spacial score (nSPS) is 11.0. The smallest absolute Gasteiger partial charge is 0.346 e. The first-order valence-electron chi connectivity index (χ1n) is 10.8. The summed E-state index contributed by atoms with van der Waals surface area (Å²) in [5.74, 6) is 0. The van der Waals surface area contributed by atoms with Gasteiger partial charge in [-0.1, -0.05) is 62.8 Å². The average Bonchev–Trinajstić information content (AvgIpc) is 3.23. The monoisotopic (exact) mass is 1370 g/mol. The Labute approximate surface area is 522 Å². The Hall–Kier alpha value is 12.0. The van der Waals surface area contributed by atoms with Crippen LogP contribution in [0.4, 0.5) is 0 Å². The quantitative estimate of drug-likeness (QED) is 0.265. The molecule has 0 spiro atoms. The summed E-state index contributed by atoms with van der Waals surface area (Å²) >= 11 is 0. The van der Waals surface area contributed by atoms with Crippen molar-refractivity contribution in [2.75, 3.05) is 40.3 Å². The zero-order chi connectivity index (χ0) is 22.0. The van der Waals surface area contributed by atoms with Crippen LogP contribution in [0.25, 0.3) is 0 Å². The summed E-state index contributed by atoms with van der Waals surface area (Å²) in [7, 11) is 4.04. The van der Waals surface area contributed by atoms with Gasteiger partial charge in [-0.3, -0.25) is 0 Å². The van der Waals surface area contributed by atoms with Gasteiger partial charge in [0.25, 0.3) is 0 Å². The van der Waals surface area contributed by atoms with Crippen LogP contribution in [0, 0.1) is 20.8 Å². The molecule has 10 radical (unpaired) electrons. The van der Waals surface area contributed by atoms with E-state index in [0.29, 0.717) is 12.3 Å². The summed E-state index contributed by atoms with van der Waals surface area (Å²) < 4.78 is 0. The van der Waals surface area contributed by atoms with Crippen LogP contribution in [0.5, 0.6) is 0 Å². The van der Waals surface area contributed by atoms with Gasteiger partial charge in [-0.25, -0.2) is 0 Å². The van der Waals surface area contributed by atoms with E-state index in [1.807, 2.05) is 48.6 Å². The summed E-state index contributed by atoms with van der Waals surface area (Å²) in [5, 5.41) is 6.58. The molecule has 0 aliphatic carbocycles. The van der Waals surface area contributed by atoms with Crippen LogP contribution in [0.1, 0.15) is 82.6 Å². The van der Waals surface area contributed by atoms with Gasteiger partial charge in [-0.15, -0.1) is 13.1 Å². The number of nitrogens with zero attached hydrogens (tertiary/aromatic N) is 2. The third kappa shape index (κ3) is 81.8. The van der Waals surface area contributed by atoms with Gasteiger partial charge in [0.05, 0.1) is 12.3 Å². The molecule has 1 aliphatic heterocycles. The number of hydrogen-bond acceptors (Lipinski definition) is 4. The molecular weight excluding hydrogens is 1310 g/mol. The maximum absolute atomic E-state index is 3.85. The van der Waals surface area contributed by atoms with E-state index in [1.165, 1.54) is 13.0 Å². The van der Waals surface area contributed by atoms with Crippen LogP contribution in [0.15, 0.2) is 0 Å². The molecule has 38 heavy (non-hydrogen) atoms. The maximum atomic E-state index is 3.85. The molecular formula is C23H59N4Y11. The summed E-state index contributed by atoms with van der Waals surface area (Å²) in [4.78, 5) is 4.54. The van der Waals surface area contributed by atoms with E-state index in [4.69, 9.17) is 0 Å². The molecule has 0 bridgehead atoms. The van der Waals surface area contributed by atoms with Crippen LogP contribution in [-0.4, -0.2) is 62.4 Å². The van der Waals surface area contributed by atoms with Crippen molar-refractivity contribution in [1.29, 1.82) is 0 Å². The van der Waals surface area contributed by atoms with Gasteiger partial charge in [0.2, 0.25) is 0 Å². The zero-order valence-corrected chi connectivity index (χ0v) is 58.0. The van der Waals surface area contributed by atoms with Gasteiger partial charge >= 0.3 is 32.7 Å². The van der Waals surface area contributed by atoms with E-state index in [2.05, 4.69) is 62.1 Å². The van der Waals surface area contributed by atoms with E-state index in [9.17, 15) is 0 Å². The van der Waals surface area contributed by atoms with Crippen LogP contribution in [0.2, 0.25) is 0 Å². The molecule has 0 aromatic carbocycles. The Morgan fingerprint density at radius 2 is 1.13 bits per heavy atom. The molecule has 1 saturated heterocycles. The molecule has 1 aliphatic rings. The topological polar surface area (TPSA) is 30.5 Å². The largest absolute Gasteiger partial charge is 3.00 e. The first-order chi connectivity index (χ1) is 12.6. The molecule has 0 aromatic heterocycles. The van der Waals surface area contributed by atoms with Gasteiger partial charge in [-0.05, 0) is 26.9 Å². The number of rotatable bonds is 6. The predicted octanol–water partition coefficient (Wildman–Crippen LogP) is 5.70. The van der Waals surface area contributed by atoms with Crippen LogP contribution < -0.4 is 10.6 Å². The van der Waals surface area contributed by atoms with Crippen molar-refractivity contribution in [1.82, 2.24) is 20.4 Å². The van der Waals surface area contributed by atoms with E-state index in [-0.39, 0.29) is 367 Å². The molecule has 4 nitrogen and oxygen atoms in total. The van der Waals surface area contributed by atoms with Crippen molar-refractivity contribution in [2.24, 2.45) is 0 Å². The van der Waals surface area contributed by atoms with Crippen molar-refractivity contribution in [3.63, 3.8) is 0 Å². The van der Waals surface area contributed by atoms with Crippen molar-refractivity contribution in [3.8, 4) is 0 Å². The Bertz CT molecular complexity index is 204. The van der Waals surface area contributed by atoms with E-state index >= 15 is 0 Å². The summed E-state index contributed by atoms with van der Waals surface area (Å²) in [6.07, 6.45) is 3.41. The first kappa shape index (κ1) is 110. The van der Waals surface area contributed by atoms with E-state index in [1.54, 1.807) is 6.92 Å². The number of hydrogen-bond donors (Lipinski definition) is 2. The fourth-order valence-corrected chi connectivity index (χ4v) is 2.22. The minimum atomic E-state index is 0. The summed E-state index contributed by atoms with van der Waals surface area (Å²) in [6.45, 7) is 33.1. The molecule has 1 heterocycles. The Morgan fingerprint density at radius 3 is 1.26 bits per heavy atom. The fourth-order valence-electron chi connectivity index (χ4n) is 2.22. The molecule has 15 heteroatoms. The van der Waals surface area contributed by atoms with Gasteiger partial charge in [0, 0.05) is 340 Å². The second kappa shape index (κ2) is 110. The maximum Gasteiger partial charge on any atom is 3.00 e. The second-order valence-electron chi connectivity index (χ2n) is 4.61. The predicted molar refractivity (Wildman–Crippen MR) is 132 cm³/mol. The molecule has 2 atom stereocenters. The van der Waals surface area contributed by atoms with E-state index < -0.39 is 0 Å². The van der Waals surface area contributed by atoms with Gasteiger partial charge in [0.15, 0.2) is 0 Å². The van der Waals surface area contributed by atoms with Crippen molar-refractivity contribution < 1.29 is 360 Å². The third-order valence-electron chi connectivity index (χ3n) is 3.50. The Balaban J connectivity index is -0.00000000976. The van der Waals surface area contributed by atoms with Crippen molar-refractivity contribution in [3.05, 3.63) is 20.8 Å². The fraction of sp³-hybridized carbons (Fsp3) is 0.870. The molecule has 2 N–H and O–H groups in total. The number of nitrogens with one attached hydrogen (secondary N) is 2. The summed E-state index contributed by atoms with van der Waals surface area (Å²) in [6, 6.07) is 0. The molecule has 0 saturated carbocycles. The van der Waals surface area contributed by atoms with Gasteiger partial charge < -0.3 is 41.2 Å². The molecule has 0 amide bonds. The molecule has 204 valence electrons. The minimum Gasteiger partial charge on any atom is -0.346 e. The van der Waals surface area contributed by atoms with Crippen LogP contribution >= 0.6 is 0 Å². The Kier molecular flexibility index (Phi) is 320. The minimum absolute atomic E-state index is 0. The van der Waals surface area contributed by atoms with Gasteiger partial charge in [0.1, 0.15) is 0 Å². The molecule has 2 unspecified atom stereocenters. The van der Waals surface area contributed by atoms with Crippen LogP contribution in [0.3, 0.4) is 0 Å². The first-order valence-corrected chi connectivity index (χ1v) is 10.8. The van der Waals surface area contributed by atoms with Crippen molar-refractivity contribution in [2.45, 2.75) is 94.9 Å². The summed E-state index contributed by atoms with van der Waals surface area (Å²) in [5.41, 5.74) is 0. The van der Waals surface area contributed by atoms with Crippen molar-refractivity contribution >= 4 is 0 Å². The third-order valence-corrected chi connectivity index (χ3v) is 3.50. The average molecular weight is 1370 g/mol. The SMILES string of the molecule is C.CC.CC.CC.[CH2-]C.[CH2-]CN(C)C(CC)NC.[CH2-]CN1CCNC1CC.[Y+3].[Y].[Y].[Y].[Y].[Y].[Y].[Y].[Y].[Y].[Y]. The second-order valence-corrected chi connectivity index (χ2v) is 4.61. The zero-order valence-electron chi connectivity index (χ0n) is 26.8. The van der Waals surface area contributed by atoms with Gasteiger partial charge in [-0.2, -0.15) is 6.92 Å². The van der Waals surface area contributed by atoms with E-state index in [0.717, 1.165) is 26.1 Å². The molecule has 0 aromatic rings. The molecule has 1 fully saturated rings. The molecule has 1 rings (SSSR count). The standard InChI is InChI=1S/C7H15N2.C7H17N2.3C2H6.C2H5.CH4.11Y/c1-3-7-8-5-6-9(7)4-2;1-5-7(8-3)9(4)6-2;4*1-2;;;;;;;;;;;;/h7-8H,2-6H2,1H3;7-8H,2,5-6H2,1,3-4H3;3*1-2H3;1H2,2H3;1H4;;;;;;;;;;;/q2*-1;;;;-1;;;;;;;;;;;;+3.